The summed E-state index contributed by atoms with van der Waals surface area (Å²) in [6.45, 7) is 1.20. The van der Waals surface area contributed by atoms with Gasteiger partial charge in [0.2, 0.25) is 0 Å². The second-order valence-electron chi connectivity index (χ2n) is 6.22. The lowest BCUT2D eigenvalue weighted by molar-refractivity contribution is 0.299. The van der Waals surface area contributed by atoms with Gasteiger partial charge in [0.25, 0.3) is 0 Å². The van der Waals surface area contributed by atoms with E-state index in [9.17, 15) is 0 Å². The fourth-order valence-corrected chi connectivity index (χ4v) is 4.23. The number of hydrogen-bond donors (Lipinski definition) is 1. The summed E-state index contributed by atoms with van der Waals surface area (Å²) in [5.41, 5.74) is 8.04. The Labute approximate surface area is 108 Å². The molecule has 2 saturated carbocycles. The minimum Gasteiger partial charge on any atom is -0.399 e. The van der Waals surface area contributed by atoms with E-state index in [-0.39, 0.29) is 0 Å². The molecule has 94 valence electrons. The van der Waals surface area contributed by atoms with Gasteiger partial charge < -0.3 is 10.3 Å². The first kappa shape index (κ1) is 10.5. The fraction of sp³-hybridized carbons (Fsp3) is 0.500. The number of hydrogen-bond acceptors (Lipinski definition) is 1. The van der Waals surface area contributed by atoms with Crippen LogP contribution in [0.5, 0.6) is 0 Å². The molecule has 18 heavy (non-hydrogen) atoms. The van der Waals surface area contributed by atoms with Crippen LogP contribution in [0.1, 0.15) is 25.7 Å². The topological polar surface area (TPSA) is 30.9 Å². The Morgan fingerprint density at radius 1 is 1.17 bits per heavy atom. The van der Waals surface area contributed by atoms with E-state index in [1.54, 1.807) is 0 Å². The summed E-state index contributed by atoms with van der Waals surface area (Å²) in [6, 6.07) is 8.45. The zero-order valence-corrected chi connectivity index (χ0v) is 10.7. The van der Waals surface area contributed by atoms with E-state index in [4.69, 9.17) is 5.73 Å². The third-order valence-corrected chi connectivity index (χ3v) is 5.11. The van der Waals surface area contributed by atoms with Gasteiger partial charge in [-0.05, 0) is 61.3 Å². The molecule has 2 fully saturated rings. The van der Waals surface area contributed by atoms with Crippen molar-refractivity contribution in [2.24, 2.45) is 17.8 Å². The first-order valence-electron chi connectivity index (χ1n) is 7.14. The van der Waals surface area contributed by atoms with Crippen LogP contribution in [-0.2, 0) is 6.54 Å². The third-order valence-electron chi connectivity index (χ3n) is 5.11. The highest BCUT2D eigenvalue weighted by Gasteiger charge is 2.39. The average molecular weight is 240 g/mol. The number of benzene rings is 1. The van der Waals surface area contributed by atoms with Crippen LogP contribution in [0.4, 0.5) is 5.69 Å². The monoisotopic (exact) mass is 240 g/mol. The zero-order valence-electron chi connectivity index (χ0n) is 10.7. The molecular weight excluding hydrogens is 220 g/mol. The molecule has 2 nitrogen and oxygen atoms in total. The van der Waals surface area contributed by atoms with E-state index < -0.39 is 0 Å². The molecule has 0 saturated heterocycles. The van der Waals surface area contributed by atoms with Crippen LogP contribution < -0.4 is 5.73 Å². The highest BCUT2D eigenvalue weighted by atomic mass is 15.0. The Kier molecular flexibility index (Phi) is 2.20. The van der Waals surface area contributed by atoms with Crippen LogP contribution in [-0.4, -0.2) is 4.57 Å². The summed E-state index contributed by atoms with van der Waals surface area (Å²) in [4.78, 5) is 0. The molecule has 1 aromatic carbocycles. The van der Waals surface area contributed by atoms with Crippen molar-refractivity contribution in [2.75, 3.05) is 5.73 Å². The first-order valence-corrected chi connectivity index (χ1v) is 7.14. The molecule has 2 bridgehead atoms. The largest absolute Gasteiger partial charge is 0.399 e. The van der Waals surface area contributed by atoms with E-state index >= 15 is 0 Å². The van der Waals surface area contributed by atoms with Crippen molar-refractivity contribution in [3.8, 4) is 0 Å². The summed E-state index contributed by atoms with van der Waals surface area (Å²) in [7, 11) is 0. The number of nitrogen functional groups attached to an aromatic ring is 1. The SMILES string of the molecule is Nc1ccc2c(ccn2CC2CC3CCC2C3)c1. The van der Waals surface area contributed by atoms with E-state index in [0.29, 0.717) is 0 Å². The van der Waals surface area contributed by atoms with Gasteiger partial charge in [-0.3, -0.25) is 0 Å². The van der Waals surface area contributed by atoms with Crippen molar-refractivity contribution in [1.82, 2.24) is 4.57 Å². The summed E-state index contributed by atoms with van der Waals surface area (Å²) in [6.07, 6.45) is 8.15. The molecule has 2 N–H and O–H groups in total. The van der Waals surface area contributed by atoms with Gasteiger partial charge in [0.15, 0.2) is 0 Å². The maximum Gasteiger partial charge on any atom is 0.0481 e. The second-order valence-corrected chi connectivity index (χ2v) is 6.22. The standard InChI is InChI=1S/C16H20N2/c17-15-3-4-16-13(9-15)5-6-18(16)10-14-8-11-1-2-12(14)7-11/h3-6,9,11-12,14H,1-2,7-8,10,17H2. The summed E-state index contributed by atoms with van der Waals surface area (Å²) < 4.78 is 2.43. The molecule has 0 aliphatic heterocycles. The number of nitrogens with two attached hydrogens (primary N) is 1. The predicted octanol–water partition coefficient (Wildman–Crippen LogP) is 3.66. The maximum absolute atomic E-state index is 5.84. The number of rotatable bonds is 2. The van der Waals surface area contributed by atoms with Gasteiger partial charge in [-0.25, -0.2) is 0 Å². The van der Waals surface area contributed by atoms with Crippen LogP contribution in [0.2, 0.25) is 0 Å². The Morgan fingerprint density at radius 3 is 2.89 bits per heavy atom. The molecule has 0 amide bonds. The molecular formula is C16H20N2. The zero-order chi connectivity index (χ0) is 12.1. The molecule has 3 unspecified atom stereocenters. The number of fused-ring (bicyclic) bond motifs is 3. The lowest BCUT2D eigenvalue weighted by atomic mass is 9.89. The Hall–Kier alpha value is -1.44. The van der Waals surface area contributed by atoms with Crippen molar-refractivity contribution < 1.29 is 0 Å². The molecule has 1 heterocycles. The van der Waals surface area contributed by atoms with Crippen molar-refractivity contribution in [1.29, 1.82) is 0 Å². The molecule has 1 aromatic heterocycles. The third kappa shape index (κ3) is 1.55. The average Bonchev–Trinajstić information content (AvgIpc) is 3.04. The molecule has 0 spiro atoms. The summed E-state index contributed by atoms with van der Waals surface area (Å²) in [5.74, 6) is 2.95. The van der Waals surface area contributed by atoms with E-state index in [1.807, 2.05) is 6.07 Å². The van der Waals surface area contributed by atoms with Crippen LogP contribution in [0.3, 0.4) is 0 Å². The molecule has 2 aliphatic carbocycles. The highest BCUT2D eigenvalue weighted by Crippen LogP contribution is 2.49. The van der Waals surface area contributed by atoms with Crippen molar-refractivity contribution in [3.63, 3.8) is 0 Å². The van der Waals surface area contributed by atoms with Crippen molar-refractivity contribution >= 4 is 16.6 Å². The van der Waals surface area contributed by atoms with Gasteiger partial charge in [-0.15, -0.1) is 0 Å². The van der Waals surface area contributed by atoms with Gasteiger partial charge in [-0.2, -0.15) is 0 Å². The predicted molar refractivity (Wildman–Crippen MR) is 75.3 cm³/mol. The van der Waals surface area contributed by atoms with Gasteiger partial charge in [0, 0.05) is 29.3 Å². The van der Waals surface area contributed by atoms with Crippen LogP contribution in [0, 0.1) is 17.8 Å². The van der Waals surface area contributed by atoms with Crippen molar-refractivity contribution in [2.45, 2.75) is 32.2 Å². The molecule has 4 rings (SSSR count). The highest BCUT2D eigenvalue weighted by molar-refractivity contribution is 5.83. The smallest absolute Gasteiger partial charge is 0.0481 e. The molecule has 2 heteroatoms. The lowest BCUT2D eigenvalue weighted by Crippen LogP contribution is -2.16. The van der Waals surface area contributed by atoms with E-state index in [1.165, 1.54) is 43.1 Å². The Balaban J connectivity index is 1.63. The number of anilines is 1. The van der Waals surface area contributed by atoms with Gasteiger partial charge in [0.05, 0.1) is 0 Å². The van der Waals surface area contributed by atoms with Gasteiger partial charge in [-0.1, -0.05) is 6.42 Å². The number of nitrogens with zero attached hydrogens (tertiary/aromatic N) is 1. The number of aromatic nitrogens is 1. The molecule has 0 radical (unpaired) electrons. The van der Waals surface area contributed by atoms with Gasteiger partial charge >= 0.3 is 0 Å². The van der Waals surface area contributed by atoms with Gasteiger partial charge in [0.1, 0.15) is 0 Å². The Bertz CT molecular complexity index is 584. The molecule has 2 aliphatic rings. The first-order chi connectivity index (χ1) is 8.79. The molecule has 2 aromatic rings. The minimum atomic E-state index is 0.861. The van der Waals surface area contributed by atoms with Crippen LogP contribution in [0.15, 0.2) is 30.5 Å². The van der Waals surface area contributed by atoms with Crippen molar-refractivity contribution in [3.05, 3.63) is 30.5 Å². The summed E-state index contributed by atoms with van der Waals surface area (Å²) in [5, 5.41) is 1.28. The molecule has 3 atom stereocenters. The summed E-state index contributed by atoms with van der Waals surface area (Å²) >= 11 is 0. The lowest BCUT2D eigenvalue weighted by Gasteiger charge is -2.22. The van der Waals surface area contributed by atoms with Crippen LogP contribution >= 0.6 is 0 Å². The maximum atomic E-state index is 5.84. The quantitative estimate of drug-likeness (QED) is 0.798. The van der Waals surface area contributed by atoms with E-state index in [0.717, 1.165) is 23.4 Å². The normalized spacial score (nSPS) is 30.3. The Morgan fingerprint density at radius 2 is 2.11 bits per heavy atom. The van der Waals surface area contributed by atoms with E-state index in [2.05, 4.69) is 29.0 Å². The minimum absolute atomic E-state index is 0.861. The second kappa shape index (κ2) is 3.78. The fourth-order valence-electron chi connectivity index (χ4n) is 4.23. The van der Waals surface area contributed by atoms with Crippen LogP contribution in [0.25, 0.3) is 10.9 Å².